The molecule has 0 saturated carbocycles. The Balaban J connectivity index is 3.88. The molecule has 0 aromatic heterocycles. The summed E-state index contributed by atoms with van der Waals surface area (Å²) in [5.74, 6) is -1.47. The summed E-state index contributed by atoms with van der Waals surface area (Å²) < 4.78 is 0. The molecule has 0 spiro atoms. The number of aliphatic carboxylic acids is 1. The molecule has 0 aromatic rings. The van der Waals surface area contributed by atoms with Gasteiger partial charge in [-0.15, -0.1) is 0 Å². The molecule has 5 nitrogen and oxygen atoms in total. The van der Waals surface area contributed by atoms with Crippen molar-refractivity contribution < 1.29 is 14.7 Å². The van der Waals surface area contributed by atoms with Gasteiger partial charge in [0, 0.05) is 12.5 Å². The molecule has 5 heteroatoms. The standard InChI is InChI=1S/C9H18N2O3/c1-4-10-5-6(2)8(12)11-7(3)9(13)14/h6-7,10H,4-5H2,1-3H3,(H,11,12)(H,13,14). The molecule has 0 saturated heterocycles. The first-order chi connectivity index (χ1) is 6.49. The number of nitrogens with one attached hydrogen (secondary N) is 2. The van der Waals surface area contributed by atoms with Crippen LogP contribution in [-0.4, -0.2) is 36.1 Å². The number of hydrogen-bond acceptors (Lipinski definition) is 3. The fourth-order valence-electron chi connectivity index (χ4n) is 0.871. The van der Waals surface area contributed by atoms with E-state index in [1.165, 1.54) is 6.92 Å². The van der Waals surface area contributed by atoms with Gasteiger partial charge in [-0.2, -0.15) is 0 Å². The van der Waals surface area contributed by atoms with Gasteiger partial charge in [-0.05, 0) is 13.5 Å². The average Bonchev–Trinajstić information content (AvgIpc) is 2.13. The third kappa shape index (κ3) is 4.81. The number of carbonyl (C=O) groups excluding carboxylic acids is 1. The zero-order valence-electron chi connectivity index (χ0n) is 8.83. The van der Waals surface area contributed by atoms with Gasteiger partial charge in [-0.1, -0.05) is 13.8 Å². The van der Waals surface area contributed by atoms with Crippen molar-refractivity contribution in [3.05, 3.63) is 0 Å². The van der Waals surface area contributed by atoms with Crippen molar-refractivity contribution in [2.24, 2.45) is 5.92 Å². The first-order valence-corrected chi connectivity index (χ1v) is 4.73. The minimum atomic E-state index is -1.02. The average molecular weight is 202 g/mol. The van der Waals surface area contributed by atoms with E-state index in [1.54, 1.807) is 6.92 Å². The quantitative estimate of drug-likeness (QED) is 0.558. The summed E-state index contributed by atoms with van der Waals surface area (Å²) in [4.78, 5) is 21.8. The second-order valence-corrected chi connectivity index (χ2v) is 3.28. The molecular weight excluding hydrogens is 184 g/mol. The lowest BCUT2D eigenvalue weighted by atomic mass is 10.1. The van der Waals surface area contributed by atoms with Crippen LogP contribution in [0.1, 0.15) is 20.8 Å². The number of carbonyl (C=O) groups is 2. The lowest BCUT2D eigenvalue weighted by molar-refractivity contribution is -0.141. The van der Waals surface area contributed by atoms with Crippen LogP contribution >= 0.6 is 0 Å². The van der Waals surface area contributed by atoms with Crippen LogP contribution in [0.5, 0.6) is 0 Å². The van der Waals surface area contributed by atoms with Gasteiger partial charge in [0.1, 0.15) is 6.04 Å². The smallest absolute Gasteiger partial charge is 0.325 e. The normalized spacial score (nSPS) is 14.5. The van der Waals surface area contributed by atoms with E-state index < -0.39 is 12.0 Å². The van der Waals surface area contributed by atoms with Gasteiger partial charge in [-0.25, -0.2) is 0 Å². The van der Waals surface area contributed by atoms with Crippen LogP contribution in [0.4, 0.5) is 0 Å². The van der Waals surface area contributed by atoms with Crippen LogP contribution in [0, 0.1) is 5.92 Å². The Morgan fingerprint density at radius 3 is 2.36 bits per heavy atom. The zero-order chi connectivity index (χ0) is 11.1. The lowest BCUT2D eigenvalue weighted by Crippen LogP contribution is -2.43. The lowest BCUT2D eigenvalue weighted by Gasteiger charge is -2.14. The highest BCUT2D eigenvalue weighted by molar-refractivity contribution is 5.84. The van der Waals surface area contributed by atoms with Crippen LogP contribution in [0.15, 0.2) is 0 Å². The zero-order valence-corrected chi connectivity index (χ0v) is 8.83. The first kappa shape index (κ1) is 12.9. The number of hydrogen-bond donors (Lipinski definition) is 3. The Labute approximate surface area is 83.9 Å². The molecule has 0 aliphatic rings. The number of amides is 1. The Hall–Kier alpha value is -1.10. The Kier molecular flexibility index (Phi) is 5.87. The molecule has 2 unspecified atom stereocenters. The van der Waals surface area contributed by atoms with Crippen molar-refractivity contribution in [1.82, 2.24) is 10.6 Å². The summed E-state index contributed by atoms with van der Waals surface area (Å²) in [6, 6.07) is -0.827. The molecule has 3 N–H and O–H groups in total. The Bertz CT molecular complexity index is 206. The van der Waals surface area contributed by atoms with E-state index in [0.717, 1.165) is 6.54 Å². The molecule has 0 fully saturated rings. The summed E-state index contributed by atoms with van der Waals surface area (Å²) in [6.45, 7) is 6.51. The molecule has 0 bridgehead atoms. The second-order valence-electron chi connectivity index (χ2n) is 3.28. The van der Waals surface area contributed by atoms with E-state index in [4.69, 9.17) is 5.11 Å². The molecule has 0 aromatic carbocycles. The summed E-state index contributed by atoms with van der Waals surface area (Å²) in [7, 11) is 0. The van der Waals surface area contributed by atoms with Crippen molar-refractivity contribution in [3.8, 4) is 0 Å². The Morgan fingerprint density at radius 1 is 1.36 bits per heavy atom. The fraction of sp³-hybridized carbons (Fsp3) is 0.778. The molecule has 82 valence electrons. The van der Waals surface area contributed by atoms with Crippen molar-refractivity contribution in [2.45, 2.75) is 26.8 Å². The number of rotatable bonds is 6. The minimum Gasteiger partial charge on any atom is -0.480 e. The van der Waals surface area contributed by atoms with Crippen LogP contribution in [0.3, 0.4) is 0 Å². The van der Waals surface area contributed by atoms with E-state index in [1.807, 2.05) is 6.92 Å². The Morgan fingerprint density at radius 2 is 1.93 bits per heavy atom. The van der Waals surface area contributed by atoms with Gasteiger partial charge >= 0.3 is 5.97 Å². The maximum Gasteiger partial charge on any atom is 0.325 e. The van der Waals surface area contributed by atoms with Crippen molar-refractivity contribution in [3.63, 3.8) is 0 Å². The summed E-state index contributed by atoms with van der Waals surface area (Å²) in [6.07, 6.45) is 0. The van der Waals surface area contributed by atoms with Crippen molar-refractivity contribution in [2.75, 3.05) is 13.1 Å². The molecule has 0 aliphatic carbocycles. The molecule has 2 atom stereocenters. The summed E-state index contributed by atoms with van der Waals surface area (Å²) >= 11 is 0. The second kappa shape index (κ2) is 6.37. The van der Waals surface area contributed by atoms with Crippen LogP contribution in [0.2, 0.25) is 0 Å². The van der Waals surface area contributed by atoms with Gasteiger partial charge in [0.15, 0.2) is 0 Å². The van der Waals surface area contributed by atoms with E-state index >= 15 is 0 Å². The maximum absolute atomic E-state index is 11.3. The summed E-state index contributed by atoms with van der Waals surface area (Å²) in [5.41, 5.74) is 0. The SMILES string of the molecule is CCNCC(C)C(=O)NC(C)C(=O)O. The molecule has 0 heterocycles. The number of carboxylic acids is 1. The predicted molar refractivity (Wildman–Crippen MR) is 52.9 cm³/mol. The van der Waals surface area contributed by atoms with Gasteiger partial charge in [0.25, 0.3) is 0 Å². The highest BCUT2D eigenvalue weighted by atomic mass is 16.4. The van der Waals surface area contributed by atoms with Crippen molar-refractivity contribution >= 4 is 11.9 Å². The predicted octanol–water partition coefficient (Wildman–Crippen LogP) is -0.179. The van der Waals surface area contributed by atoms with E-state index in [2.05, 4.69) is 10.6 Å². The third-order valence-electron chi connectivity index (χ3n) is 1.88. The van der Waals surface area contributed by atoms with E-state index in [-0.39, 0.29) is 11.8 Å². The van der Waals surface area contributed by atoms with Crippen molar-refractivity contribution in [1.29, 1.82) is 0 Å². The van der Waals surface area contributed by atoms with Gasteiger partial charge in [0.2, 0.25) is 5.91 Å². The monoisotopic (exact) mass is 202 g/mol. The number of carboxylic acid groups (broad SMARTS) is 1. The molecule has 0 rings (SSSR count). The van der Waals surface area contributed by atoms with E-state index in [0.29, 0.717) is 6.54 Å². The highest BCUT2D eigenvalue weighted by Gasteiger charge is 2.18. The highest BCUT2D eigenvalue weighted by Crippen LogP contribution is 1.94. The van der Waals surface area contributed by atoms with Gasteiger partial charge in [-0.3, -0.25) is 9.59 Å². The minimum absolute atomic E-state index is 0.211. The molecule has 0 aliphatic heterocycles. The van der Waals surface area contributed by atoms with Crippen LogP contribution < -0.4 is 10.6 Å². The van der Waals surface area contributed by atoms with Gasteiger partial charge < -0.3 is 15.7 Å². The topological polar surface area (TPSA) is 78.4 Å². The van der Waals surface area contributed by atoms with Crippen LogP contribution in [0.25, 0.3) is 0 Å². The van der Waals surface area contributed by atoms with Gasteiger partial charge in [0.05, 0.1) is 0 Å². The molecule has 0 radical (unpaired) electrons. The molecular formula is C9H18N2O3. The molecule has 1 amide bonds. The third-order valence-corrected chi connectivity index (χ3v) is 1.88. The van der Waals surface area contributed by atoms with Crippen LogP contribution in [-0.2, 0) is 9.59 Å². The molecule has 14 heavy (non-hydrogen) atoms. The first-order valence-electron chi connectivity index (χ1n) is 4.73. The largest absolute Gasteiger partial charge is 0.480 e. The maximum atomic E-state index is 11.3. The van der Waals surface area contributed by atoms with E-state index in [9.17, 15) is 9.59 Å². The fourth-order valence-corrected chi connectivity index (χ4v) is 0.871. The summed E-state index contributed by atoms with van der Waals surface area (Å²) in [5, 5.41) is 14.0.